The molecule has 4 nitrogen and oxygen atoms in total. The van der Waals surface area contributed by atoms with Gasteiger partial charge in [-0.3, -0.25) is 9.59 Å². The van der Waals surface area contributed by atoms with Gasteiger partial charge in [0.2, 0.25) is 5.91 Å². The van der Waals surface area contributed by atoms with Crippen LogP contribution < -0.4 is 10.6 Å². The van der Waals surface area contributed by atoms with E-state index < -0.39 is 6.04 Å². The van der Waals surface area contributed by atoms with E-state index in [2.05, 4.69) is 10.6 Å². The quantitative estimate of drug-likeness (QED) is 0.665. The van der Waals surface area contributed by atoms with Crippen LogP contribution in [0.2, 0.25) is 0 Å². The molecule has 4 heteroatoms. The molecule has 0 bridgehead atoms. The molecule has 0 saturated heterocycles. The van der Waals surface area contributed by atoms with Crippen LogP contribution in [0.3, 0.4) is 0 Å². The molecule has 3 aromatic rings. The molecule has 1 atom stereocenters. The summed E-state index contributed by atoms with van der Waals surface area (Å²) in [5, 5.41) is 5.82. The van der Waals surface area contributed by atoms with Gasteiger partial charge in [0, 0.05) is 18.5 Å². The van der Waals surface area contributed by atoms with E-state index in [1.165, 1.54) is 0 Å². The molecule has 3 aromatic carbocycles. The molecule has 2 N–H and O–H groups in total. The van der Waals surface area contributed by atoms with Gasteiger partial charge in [-0.15, -0.1) is 0 Å². The summed E-state index contributed by atoms with van der Waals surface area (Å²) in [5.41, 5.74) is 3.63. The lowest BCUT2D eigenvalue weighted by molar-refractivity contribution is -0.123. The molecular weight excluding hydrogens is 348 g/mol. The second kappa shape index (κ2) is 9.51. The summed E-state index contributed by atoms with van der Waals surface area (Å²) >= 11 is 0. The van der Waals surface area contributed by atoms with Crippen LogP contribution in [0.15, 0.2) is 84.9 Å². The Balaban J connectivity index is 1.71. The van der Waals surface area contributed by atoms with E-state index in [1.54, 1.807) is 12.1 Å². The van der Waals surface area contributed by atoms with Gasteiger partial charge in [0.15, 0.2) is 0 Å². The fourth-order valence-corrected chi connectivity index (χ4v) is 2.91. The third-order valence-corrected chi connectivity index (χ3v) is 4.53. The van der Waals surface area contributed by atoms with Gasteiger partial charge in [0.1, 0.15) is 6.04 Å². The van der Waals surface area contributed by atoms with Crippen molar-refractivity contribution in [3.63, 3.8) is 0 Å². The number of hydrogen-bond donors (Lipinski definition) is 2. The first-order valence-corrected chi connectivity index (χ1v) is 9.35. The van der Waals surface area contributed by atoms with Crippen molar-refractivity contribution in [2.45, 2.75) is 25.9 Å². The largest absolute Gasteiger partial charge is 0.350 e. The van der Waals surface area contributed by atoms with E-state index >= 15 is 0 Å². The van der Waals surface area contributed by atoms with Gasteiger partial charge in [0.25, 0.3) is 5.91 Å². The van der Waals surface area contributed by atoms with E-state index in [4.69, 9.17) is 0 Å². The minimum atomic E-state index is -0.653. The molecule has 0 aliphatic rings. The van der Waals surface area contributed by atoms with Crippen molar-refractivity contribution in [1.82, 2.24) is 10.6 Å². The van der Waals surface area contributed by atoms with Crippen LogP contribution in [0.1, 0.15) is 27.0 Å². The maximum Gasteiger partial charge on any atom is 0.251 e. The zero-order valence-corrected chi connectivity index (χ0v) is 15.9. The minimum Gasteiger partial charge on any atom is -0.350 e. The minimum absolute atomic E-state index is 0.201. The highest BCUT2D eigenvalue weighted by Gasteiger charge is 2.21. The van der Waals surface area contributed by atoms with Crippen LogP contribution in [-0.2, 0) is 17.8 Å². The van der Waals surface area contributed by atoms with Crippen LogP contribution in [0.4, 0.5) is 0 Å². The standard InChI is InChI=1S/C24H24N2O2/c1-18-12-14-21(15-13-18)23(27)26-22(16-19-8-4-2-5-9-19)24(28)25-17-20-10-6-3-7-11-20/h2-15,22H,16-17H2,1H3,(H,25,28)(H,26,27). The van der Waals surface area contributed by atoms with Crippen LogP contribution in [-0.4, -0.2) is 17.9 Å². The third-order valence-electron chi connectivity index (χ3n) is 4.53. The van der Waals surface area contributed by atoms with Crippen molar-refractivity contribution < 1.29 is 9.59 Å². The van der Waals surface area contributed by atoms with Crippen LogP contribution in [0.25, 0.3) is 0 Å². The summed E-state index contributed by atoms with van der Waals surface area (Å²) in [7, 11) is 0. The average Bonchev–Trinajstić information content (AvgIpc) is 2.73. The van der Waals surface area contributed by atoms with E-state index in [0.717, 1.165) is 16.7 Å². The highest BCUT2D eigenvalue weighted by atomic mass is 16.2. The molecule has 1 unspecified atom stereocenters. The Kier molecular flexibility index (Phi) is 6.58. The molecule has 0 saturated carbocycles. The first kappa shape index (κ1) is 19.4. The number of aryl methyl sites for hydroxylation is 1. The monoisotopic (exact) mass is 372 g/mol. The zero-order valence-electron chi connectivity index (χ0n) is 15.9. The SMILES string of the molecule is Cc1ccc(C(=O)NC(Cc2ccccc2)C(=O)NCc2ccccc2)cc1. The Hall–Kier alpha value is -3.40. The van der Waals surface area contributed by atoms with Crippen LogP contribution in [0.5, 0.6) is 0 Å². The predicted octanol–water partition coefficient (Wildman–Crippen LogP) is 3.65. The number of nitrogens with one attached hydrogen (secondary N) is 2. The van der Waals surface area contributed by atoms with Crippen molar-refractivity contribution in [1.29, 1.82) is 0 Å². The highest BCUT2D eigenvalue weighted by molar-refractivity contribution is 5.97. The molecule has 2 amide bonds. The Morgan fingerprint density at radius 1 is 0.786 bits per heavy atom. The lowest BCUT2D eigenvalue weighted by Gasteiger charge is -2.19. The summed E-state index contributed by atoms with van der Waals surface area (Å²) in [6.07, 6.45) is 0.430. The Labute approximate surface area is 165 Å². The number of amides is 2. The number of carbonyl (C=O) groups is 2. The topological polar surface area (TPSA) is 58.2 Å². The molecule has 0 heterocycles. The first-order valence-electron chi connectivity index (χ1n) is 9.35. The fourth-order valence-electron chi connectivity index (χ4n) is 2.91. The molecule has 28 heavy (non-hydrogen) atoms. The Morgan fingerprint density at radius 3 is 1.96 bits per heavy atom. The number of carbonyl (C=O) groups excluding carboxylic acids is 2. The fraction of sp³-hybridized carbons (Fsp3) is 0.167. The number of rotatable bonds is 7. The number of benzene rings is 3. The summed E-state index contributed by atoms with van der Waals surface area (Å²) < 4.78 is 0. The predicted molar refractivity (Wildman–Crippen MR) is 111 cm³/mol. The summed E-state index contributed by atoms with van der Waals surface area (Å²) in [6.45, 7) is 2.39. The average molecular weight is 372 g/mol. The van der Waals surface area contributed by atoms with Crippen LogP contribution >= 0.6 is 0 Å². The van der Waals surface area contributed by atoms with Gasteiger partial charge in [-0.2, -0.15) is 0 Å². The van der Waals surface area contributed by atoms with Gasteiger partial charge < -0.3 is 10.6 Å². The lowest BCUT2D eigenvalue weighted by atomic mass is 10.0. The summed E-state index contributed by atoms with van der Waals surface area (Å²) in [6, 6.07) is 26.1. The Morgan fingerprint density at radius 2 is 1.36 bits per heavy atom. The van der Waals surface area contributed by atoms with E-state index in [9.17, 15) is 9.59 Å². The van der Waals surface area contributed by atoms with E-state index in [1.807, 2.05) is 79.7 Å². The smallest absolute Gasteiger partial charge is 0.251 e. The van der Waals surface area contributed by atoms with E-state index in [0.29, 0.717) is 18.5 Å². The second-order valence-corrected chi connectivity index (χ2v) is 6.79. The molecule has 0 aromatic heterocycles. The molecule has 0 radical (unpaired) electrons. The van der Waals surface area contributed by atoms with Crippen molar-refractivity contribution in [3.8, 4) is 0 Å². The van der Waals surface area contributed by atoms with Crippen molar-refractivity contribution >= 4 is 11.8 Å². The maximum absolute atomic E-state index is 12.8. The first-order chi connectivity index (χ1) is 13.6. The summed E-state index contributed by atoms with van der Waals surface area (Å²) in [4.78, 5) is 25.5. The molecule has 0 spiro atoms. The molecule has 0 aliphatic carbocycles. The number of hydrogen-bond acceptors (Lipinski definition) is 2. The van der Waals surface area contributed by atoms with Gasteiger partial charge in [-0.25, -0.2) is 0 Å². The molecule has 142 valence electrons. The van der Waals surface area contributed by atoms with Crippen molar-refractivity contribution in [2.24, 2.45) is 0 Å². The van der Waals surface area contributed by atoms with Crippen molar-refractivity contribution in [2.75, 3.05) is 0 Å². The molecule has 0 fully saturated rings. The normalized spacial score (nSPS) is 11.5. The van der Waals surface area contributed by atoms with Gasteiger partial charge in [-0.05, 0) is 30.2 Å². The molecule has 0 aliphatic heterocycles. The molecular formula is C24H24N2O2. The van der Waals surface area contributed by atoms with Crippen LogP contribution in [0, 0.1) is 6.92 Å². The second-order valence-electron chi connectivity index (χ2n) is 6.79. The lowest BCUT2D eigenvalue weighted by Crippen LogP contribution is -2.47. The van der Waals surface area contributed by atoms with E-state index in [-0.39, 0.29) is 11.8 Å². The zero-order chi connectivity index (χ0) is 19.8. The Bertz CT molecular complexity index is 906. The maximum atomic E-state index is 12.8. The van der Waals surface area contributed by atoms with Crippen molar-refractivity contribution in [3.05, 3.63) is 107 Å². The highest BCUT2D eigenvalue weighted by Crippen LogP contribution is 2.07. The van der Waals surface area contributed by atoms with Gasteiger partial charge >= 0.3 is 0 Å². The van der Waals surface area contributed by atoms with Gasteiger partial charge in [-0.1, -0.05) is 78.4 Å². The third kappa shape index (κ3) is 5.55. The van der Waals surface area contributed by atoms with Gasteiger partial charge in [0.05, 0.1) is 0 Å². The summed E-state index contributed by atoms with van der Waals surface area (Å²) in [5.74, 6) is -0.455. The molecule has 3 rings (SSSR count).